The first kappa shape index (κ1) is 24.3. The minimum Gasteiger partial charge on any atom is -0.464 e. The minimum absolute atomic E-state index is 0.174. The highest BCUT2D eigenvalue weighted by molar-refractivity contribution is 7.89. The number of nitrogens with zero attached hydrogens (tertiary/aromatic N) is 3. The van der Waals surface area contributed by atoms with Gasteiger partial charge in [-0.1, -0.05) is 43.2 Å². The number of benzene rings is 2. The van der Waals surface area contributed by atoms with Crippen LogP contribution in [-0.2, 0) is 16.2 Å². The lowest BCUT2D eigenvalue weighted by atomic mass is 10.1. The molecular weight excluding hydrogens is 459 g/mol. The number of aromatic nitrogens is 2. The summed E-state index contributed by atoms with van der Waals surface area (Å²) in [5.74, 6) is 0. The average molecular weight is 481 g/mol. The first-order valence-corrected chi connectivity index (χ1v) is 11.5. The molecule has 1 amide bonds. The Morgan fingerprint density at radius 1 is 1.09 bits per heavy atom. The summed E-state index contributed by atoms with van der Waals surface area (Å²) in [7, 11) is -4.33. The van der Waals surface area contributed by atoms with Crippen LogP contribution >= 0.6 is 0 Å². The Morgan fingerprint density at radius 3 is 2.21 bits per heavy atom. The fraction of sp³-hybridized carbons (Fsp3) is 0.273. The molecular formula is C22H22F3N3O4S. The predicted molar refractivity (Wildman–Crippen MR) is 116 cm³/mol. The highest BCUT2D eigenvalue weighted by Gasteiger charge is 2.35. The molecule has 7 nitrogen and oxygen atoms in total. The summed E-state index contributed by atoms with van der Waals surface area (Å²) < 4.78 is 67.0. The van der Waals surface area contributed by atoms with Crippen molar-refractivity contribution in [3.63, 3.8) is 0 Å². The minimum atomic E-state index is -4.67. The molecule has 0 aliphatic carbocycles. The number of carbonyl (C=O) groups is 1. The number of halogens is 3. The molecule has 0 atom stereocenters. The van der Waals surface area contributed by atoms with Gasteiger partial charge in [0.2, 0.25) is 0 Å². The lowest BCUT2D eigenvalue weighted by Gasteiger charge is -2.19. The summed E-state index contributed by atoms with van der Waals surface area (Å²) in [5.41, 5.74) is 0.702. The van der Waals surface area contributed by atoms with Crippen molar-refractivity contribution in [2.24, 2.45) is 0 Å². The molecule has 3 rings (SSSR count). The van der Waals surface area contributed by atoms with Crippen molar-refractivity contribution < 1.29 is 31.5 Å². The molecule has 11 heteroatoms. The Bertz CT molecular complexity index is 1240. The summed E-state index contributed by atoms with van der Waals surface area (Å²) >= 11 is 0. The maximum Gasteiger partial charge on any atom is 0.435 e. The van der Waals surface area contributed by atoms with E-state index in [2.05, 4.69) is 5.10 Å². The van der Waals surface area contributed by atoms with E-state index in [1.807, 2.05) is 6.92 Å². The Hall–Kier alpha value is -3.34. The molecule has 1 heterocycles. The summed E-state index contributed by atoms with van der Waals surface area (Å²) in [6, 6.07) is 12.7. The van der Waals surface area contributed by atoms with Crippen molar-refractivity contribution in [3.8, 4) is 16.9 Å². The van der Waals surface area contributed by atoms with E-state index in [4.69, 9.17) is 0 Å². The van der Waals surface area contributed by atoms with Gasteiger partial charge in [-0.25, -0.2) is 22.2 Å². The lowest BCUT2D eigenvalue weighted by Crippen LogP contribution is -2.36. The number of amides is 1. The molecule has 0 fully saturated rings. The summed E-state index contributed by atoms with van der Waals surface area (Å²) in [6.07, 6.45) is -5.32. The van der Waals surface area contributed by atoms with E-state index in [1.54, 1.807) is 31.2 Å². The van der Waals surface area contributed by atoms with Gasteiger partial charge in [-0.15, -0.1) is 0 Å². The molecule has 1 aromatic heterocycles. The largest absolute Gasteiger partial charge is 0.464 e. The highest BCUT2D eigenvalue weighted by Crippen LogP contribution is 2.33. The van der Waals surface area contributed by atoms with Gasteiger partial charge in [-0.2, -0.15) is 18.3 Å². The first-order chi connectivity index (χ1) is 15.4. The average Bonchev–Trinajstić information content (AvgIpc) is 3.20. The van der Waals surface area contributed by atoms with Crippen molar-refractivity contribution in [1.82, 2.24) is 14.1 Å². The van der Waals surface area contributed by atoms with E-state index in [-0.39, 0.29) is 22.8 Å². The van der Waals surface area contributed by atoms with Crippen LogP contribution in [-0.4, -0.2) is 40.2 Å². The van der Waals surface area contributed by atoms with Gasteiger partial charge in [-0.3, -0.25) is 0 Å². The molecule has 0 saturated heterocycles. The van der Waals surface area contributed by atoms with Crippen LogP contribution in [0, 0.1) is 6.92 Å². The smallest absolute Gasteiger partial charge is 0.435 e. The number of rotatable bonds is 7. The number of hydrogen-bond acceptors (Lipinski definition) is 4. The second-order valence-electron chi connectivity index (χ2n) is 7.40. The monoisotopic (exact) mass is 481 g/mol. The molecule has 0 unspecified atom stereocenters. The number of carboxylic acid groups (broad SMARTS) is 1. The molecule has 0 spiro atoms. The van der Waals surface area contributed by atoms with Gasteiger partial charge >= 0.3 is 12.3 Å². The number of unbranched alkanes of at least 4 members (excludes halogenated alkanes) is 1. The fourth-order valence-corrected chi connectivity index (χ4v) is 4.46. The zero-order valence-corrected chi connectivity index (χ0v) is 18.7. The van der Waals surface area contributed by atoms with E-state index in [1.165, 1.54) is 12.1 Å². The highest BCUT2D eigenvalue weighted by atomic mass is 32.2. The lowest BCUT2D eigenvalue weighted by molar-refractivity contribution is -0.141. The molecule has 1 N–H and O–H groups in total. The van der Waals surface area contributed by atoms with Crippen LogP contribution in [0.5, 0.6) is 0 Å². The second kappa shape index (κ2) is 9.26. The number of sulfonamides is 1. The normalized spacial score (nSPS) is 12.0. The first-order valence-electron chi connectivity index (χ1n) is 10.1. The molecule has 0 radical (unpaired) electrons. The zero-order valence-electron chi connectivity index (χ0n) is 17.9. The molecule has 0 saturated carbocycles. The third-order valence-corrected chi connectivity index (χ3v) is 6.73. The predicted octanol–water partition coefficient (Wildman–Crippen LogP) is 5.34. The van der Waals surface area contributed by atoms with Gasteiger partial charge in [0.15, 0.2) is 5.69 Å². The van der Waals surface area contributed by atoms with Crippen LogP contribution in [0.1, 0.15) is 31.0 Å². The standard InChI is InChI=1S/C22H22F3N3O4S/c1-3-4-13-27(21(29)30)33(31,32)18-11-9-17(10-12-18)28-19(14-20(26-28)22(23,24)25)16-7-5-15(2)6-8-16/h5-12,14H,3-4,13H2,1-2H3,(H,29,30). The van der Waals surface area contributed by atoms with Crippen molar-refractivity contribution in [3.05, 3.63) is 65.9 Å². The van der Waals surface area contributed by atoms with Crippen LogP contribution in [0.3, 0.4) is 0 Å². The zero-order chi connectivity index (χ0) is 24.4. The quantitative estimate of drug-likeness (QED) is 0.492. The summed E-state index contributed by atoms with van der Waals surface area (Å²) in [6.45, 7) is 3.45. The molecule has 3 aromatic rings. The Morgan fingerprint density at radius 2 is 1.70 bits per heavy atom. The van der Waals surface area contributed by atoms with E-state index in [0.29, 0.717) is 22.7 Å². The van der Waals surface area contributed by atoms with Crippen LogP contribution in [0.2, 0.25) is 0 Å². The SMILES string of the molecule is CCCCN(C(=O)O)S(=O)(=O)c1ccc(-n2nc(C(F)(F)F)cc2-c2ccc(C)cc2)cc1. The topological polar surface area (TPSA) is 92.5 Å². The van der Waals surface area contributed by atoms with Crippen molar-refractivity contribution in [2.45, 2.75) is 37.8 Å². The second-order valence-corrected chi connectivity index (χ2v) is 9.26. The van der Waals surface area contributed by atoms with E-state index >= 15 is 0 Å². The van der Waals surface area contributed by atoms with Crippen LogP contribution < -0.4 is 0 Å². The molecule has 0 bridgehead atoms. The van der Waals surface area contributed by atoms with Crippen molar-refractivity contribution in [1.29, 1.82) is 0 Å². The molecule has 33 heavy (non-hydrogen) atoms. The van der Waals surface area contributed by atoms with Gasteiger partial charge in [0.05, 0.1) is 16.3 Å². The van der Waals surface area contributed by atoms with E-state index in [0.717, 1.165) is 28.4 Å². The van der Waals surface area contributed by atoms with Gasteiger partial charge in [0, 0.05) is 12.1 Å². The number of aryl methyl sites for hydroxylation is 1. The van der Waals surface area contributed by atoms with E-state index < -0.39 is 28.0 Å². The summed E-state index contributed by atoms with van der Waals surface area (Å²) in [5, 5.41) is 13.0. The third kappa shape index (κ3) is 5.19. The van der Waals surface area contributed by atoms with Crippen molar-refractivity contribution in [2.75, 3.05) is 6.54 Å². The van der Waals surface area contributed by atoms with Crippen LogP contribution in [0.25, 0.3) is 16.9 Å². The van der Waals surface area contributed by atoms with Gasteiger partial charge in [0.1, 0.15) is 0 Å². The molecule has 0 aliphatic heterocycles. The Kier molecular flexibility index (Phi) is 6.82. The van der Waals surface area contributed by atoms with E-state index in [9.17, 15) is 31.5 Å². The van der Waals surface area contributed by atoms with Crippen LogP contribution in [0.15, 0.2) is 59.5 Å². The van der Waals surface area contributed by atoms with Crippen LogP contribution in [0.4, 0.5) is 18.0 Å². The fourth-order valence-electron chi connectivity index (χ4n) is 3.15. The molecule has 176 valence electrons. The maximum atomic E-state index is 13.3. The van der Waals surface area contributed by atoms with Gasteiger partial charge in [0.25, 0.3) is 10.0 Å². The summed E-state index contributed by atoms with van der Waals surface area (Å²) in [4.78, 5) is 11.2. The number of alkyl halides is 3. The third-order valence-electron chi connectivity index (χ3n) is 4.94. The number of hydrogen-bond donors (Lipinski definition) is 1. The Balaban J connectivity index is 2.05. The van der Waals surface area contributed by atoms with Gasteiger partial charge in [-0.05, 0) is 43.7 Å². The Labute approximate surface area is 189 Å². The molecule has 2 aromatic carbocycles. The van der Waals surface area contributed by atoms with Gasteiger partial charge < -0.3 is 5.11 Å². The maximum absolute atomic E-state index is 13.3. The molecule has 0 aliphatic rings. The van der Waals surface area contributed by atoms with Crippen molar-refractivity contribution >= 4 is 16.1 Å².